The zero-order valence-corrected chi connectivity index (χ0v) is 15.8. The third kappa shape index (κ3) is 3.80. The Morgan fingerprint density at radius 3 is 2.70 bits per heavy atom. The van der Waals surface area contributed by atoms with E-state index < -0.39 is 11.6 Å². The summed E-state index contributed by atoms with van der Waals surface area (Å²) in [6, 6.07) is 9.69. The molecule has 0 fully saturated rings. The molecule has 27 heavy (non-hydrogen) atoms. The van der Waals surface area contributed by atoms with Crippen LogP contribution in [-0.2, 0) is 6.54 Å². The highest BCUT2D eigenvalue weighted by Gasteiger charge is 2.15. The lowest BCUT2D eigenvalue weighted by Gasteiger charge is -2.24. The molecule has 2 aromatic carbocycles. The SMILES string of the molecule is Fc1cccc(F)c1CN1C=C(c2cc(-c3nccs3)ccc2Cl)C=CC1. The number of benzene rings is 2. The van der Waals surface area contributed by atoms with Crippen LogP contribution in [-0.4, -0.2) is 16.4 Å². The van der Waals surface area contributed by atoms with Crippen LogP contribution in [0.2, 0.25) is 5.02 Å². The molecule has 1 aliphatic rings. The summed E-state index contributed by atoms with van der Waals surface area (Å²) in [7, 11) is 0. The van der Waals surface area contributed by atoms with Crippen LogP contribution >= 0.6 is 22.9 Å². The number of nitrogens with zero attached hydrogens (tertiary/aromatic N) is 2. The van der Waals surface area contributed by atoms with Gasteiger partial charge in [-0.05, 0) is 29.8 Å². The molecule has 2 heterocycles. The first-order valence-electron chi connectivity index (χ1n) is 8.37. The summed E-state index contributed by atoms with van der Waals surface area (Å²) in [5, 5.41) is 3.46. The lowest BCUT2D eigenvalue weighted by Crippen LogP contribution is -2.21. The maximum absolute atomic E-state index is 14.0. The van der Waals surface area contributed by atoms with E-state index in [1.54, 1.807) is 17.5 Å². The van der Waals surface area contributed by atoms with E-state index in [0.717, 1.165) is 21.7 Å². The van der Waals surface area contributed by atoms with Gasteiger partial charge in [0, 0.05) is 52.6 Å². The molecule has 0 amide bonds. The van der Waals surface area contributed by atoms with Gasteiger partial charge in [-0.3, -0.25) is 0 Å². The number of allylic oxidation sites excluding steroid dienone is 2. The van der Waals surface area contributed by atoms with Crippen LogP contribution in [0.1, 0.15) is 11.1 Å². The summed E-state index contributed by atoms with van der Waals surface area (Å²) in [4.78, 5) is 6.20. The van der Waals surface area contributed by atoms with Crippen LogP contribution in [0.3, 0.4) is 0 Å². The quantitative estimate of drug-likeness (QED) is 0.521. The highest BCUT2D eigenvalue weighted by atomic mass is 35.5. The van der Waals surface area contributed by atoms with E-state index in [4.69, 9.17) is 11.6 Å². The molecule has 1 aromatic heterocycles. The van der Waals surface area contributed by atoms with Gasteiger partial charge in [-0.1, -0.05) is 35.9 Å². The van der Waals surface area contributed by atoms with Gasteiger partial charge >= 0.3 is 0 Å². The maximum Gasteiger partial charge on any atom is 0.131 e. The number of hydrogen-bond donors (Lipinski definition) is 0. The Labute approximate surface area is 165 Å². The first kappa shape index (κ1) is 17.9. The molecule has 0 saturated carbocycles. The predicted octanol–water partition coefficient (Wildman–Crippen LogP) is 6.15. The monoisotopic (exact) mass is 400 g/mol. The highest BCUT2D eigenvalue weighted by molar-refractivity contribution is 7.13. The van der Waals surface area contributed by atoms with Crippen LogP contribution in [0.4, 0.5) is 8.78 Å². The summed E-state index contributed by atoms with van der Waals surface area (Å²) in [6.07, 6.45) is 7.58. The first-order chi connectivity index (χ1) is 13.1. The first-order valence-corrected chi connectivity index (χ1v) is 9.62. The van der Waals surface area contributed by atoms with Crippen LogP contribution in [0.15, 0.2) is 66.3 Å². The molecule has 0 bridgehead atoms. The largest absolute Gasteiger partial charge is 0.369 e. The van der Waals surface area contributed by atoms with Crippen molar-refractivity contribution in [3.63, 3.8) is 0 Å². The fourth-order valence-electron chi connectivity index (χ4n) is 3.01. The van der Waals surface area contributed by atoms with E-state index in [2.05, 4.69) is 4.98 Å². The van der Waals surface area contributed by atoms with Gasteiger partial charge in [-0.25, -0.2) is 13.8 Å². The zero-order chi connectivity index (χ0) is 18.8. The van der Waals surface area contributed by atoms with Gasteiger partial charge in [0.05, 0.1) is 0 Å². The smallest absolute Gasteiger partial charge is 0.131 e. The number of rotatable bonds is 4. The van der Waals surface area contributed by atoms with Crippen molar-refractivity contribution >= 4 is 28.5 Å². The highest BCUT2D eigenvalue weighted by Crippen LogP contribution is 2.32. The average molecular weight is 401 g/mol. The van der Waals surface area contributed by atoms with Gasteiger partial charge < -0.3 is 4.90 Å². The number of hydrogen-bond acceptors (Lipinski definition) is 3. The molecular weight excluding hydrogens is 386 g/mol. The van der Waals surface area contributed by atoms with Crippen molar-refractivity contribution in [2.75, 3.05) is 6.54 Å². The predicted molar refractivity (Wildman–Crippen MR) is 106 cm³/mol. The Bertz CT molecular complexity index is 1010. The second kappa shape index (κ2) is 7.62. The molecular formula is C21H15ClF2N2S. The molecule has 0 radical (unpaired) electrons. The van der Waals surface area contributed by atoms with Gasteiger partial charge in [0.15, 0.2) is 0 Å². The molecule has 4 rings (SSSR count). The normalized spacial score (nSPS) is 13.7. The van der Waals surface area contributed by atoms with Crippen molar-refractivity contribution in [1.29, 1.82) is 0 Å². The summed E-state index contributed by atoms with van der Waals surface area (Å²) in [5.41, 5.74) is 2.79. The molecule has 3 aromatic rings. The molecule has 6 heteroatoms. The van der Waals surface area contributed by atoms with Gasteiger partial charge in [0.2, 0.25) is 0 Å². The standard InChI is InChI=1S/C21H15ClF2N2S/c22-18-7-6-14(21-25-8-10-27-21)11-16(18)15-3-2-9-26(12-15)13-17-19(23)4-1-5-20(17)24/h1-8,10-12H,9,13H2. The Morgan fingerprint density at radius 1 is 1.15 bits per heavy atom. The van der Waals surface area contributed by atoms with E-state index in [0.29, 0.717) is 11.6 Å². The van der Waals surface area contributed by atoms with Gasteiger partial charge in [0.1, 0.15) is 16.6 Å². The van der Waals surface area contributed by atoms with Gasteiger partial charge in [0.25, 0.3) is 0 Å². The minimum atomic E-state index is -0.539. The van der Waals surface area contributed by atoms with E-state index in [9.17, 15) is 8.78 Å². The zero-order valence-electron chi connectivity index (χ0n) is 14.2. The third-order valence-corrected chi connectivity index (χ3v) is 5.49. The second-order valence-corrected chi connectivity index (χ2v) is 7.45. The third-order valence-electron chi connectivity index (χ3n) is 4.34. The minimum absolute atomic E-state index is 0.0611. The van der Waals surface area contributed by atoms with Crippen LogP contribution in [0, 0.1) is 11.6 Å². The van der Waals surface area contributed by atoms with Gasteiger partial charge in [-0.15, -0.1) is 11.3 Å². The molecule has 0 aliphatic carbocycles. The molecule has 2 nitrogen and oxygen atoms in total. The van der Waals surface area contributed by atoms with E-state index in [1.165, 1.54) is 18.2 Å². The Hall–Kier alpha value is -2.50. The summed E-state index contributed by atoms with van der Waals surface area (Å²) < 4.78 is 27.9. The average Bonchev–Trinajstić information content (AvgIpc) is 3.20. The lowest BCUT2D eigenvalue weighted by atomic mass is 10.0. The van der Waals surface area contributed by atoms with Crippen molar-refractivity contribution in [3.05, 3.63) is 94.1 Å². The van der Waals surface area contributed by atoms with E-state index in [1.807, 2.05) is 46.8 Å². The summed E-state index contributed by atoms with van der Waals surface area (Å²) in [5.74, 6) is -1.08. The fraction of sp³-hybridized carbons (Fsp3) is 0.0952. The Balaban J connectivity index is 1.66. The Kier molecular flexibility index (Phi) is 5.05. The fourth-order valence-corrected chi connectivity index (χ4v) is 3.87. The number of halogens is 3. The molecule has 1 aliphatic heterocycles. The maximum atomic E-state index is 14.0. The van der Waals surface area contributed by atoms with Crippen LogP contribution in [0.25, 0.3) is 16.1 Å². The van der Waals surface area contributed by atoms with Crippen LogP contribution in [0.5, 0.6) is 0 Å². The van der Waals surface area contributed by atoms with E-state index >= 15 is 0 Å². The van der Waals surface area contributed by atoms with Crippen molar-refractivity contribution in [2.24, 2.45) is 0 Å². The number of thiazole rings is 1. The van der Waals surface area contributed by atoms with Crippen molar-refractivity contribution in [3.8, 4) is 10.6 Å². The summed E-state index contributed by atoms with van der Waals surface area (Å²) in [6.45, 7) is 0.719. The van der Waals surface area contributed by atoms with Gasteiger partial charge in [-0.2, -0.15) is 0 Å². The molecule has 0 saturated heterocycles. The lowest BCUT2D eigenvalue weighted by molar-refractivity contribution is 0.385. The van der Waals surface area contributed by atoms with Crippen molar-refractivity contribution in [2.45, 2.75) is 6.54 Å². The molecule has 0 unspecified atom stereocenters. The minimum Gasteiger partial charge on any atom is -0.369 e. The summed E-state index contributed by atoms with van der Waals surface area (Å²) >= 11 is 7.98. The van der Waals surface area contributed by atoms with E-state index in [-0.39, 0.29) is 12.1 Å². The number of aromatic nitrogens is 1. The van der Waals surface area contributed by atoms with Crippen molar-refractivity contribution < 1.29 is 8.78 Å². The van der Waals surface area contributed by atoms with Crippen LogP contribution < -0.4 is 0 Å². The van der Waals surface area contributed by atoms with Crippen molar-refractivity contribution in [1.82, 2.24) is 9.88 Å². The second-order valence-electron chi connectivity index (χ2n) is 6.15. The molecule has 0 spiro atoms. The molecule has 0 N–H and O–H groups in total. The molecule has 136 valence electrons. The topological polar surface area (TPSA) is 16.1 Å². The Morgan fingerprint density at radius 2 is 1.96 bits per heavy atom. The molecule has 0 atom stereocenters.